The van der Waals surface area contributed by atoms with E-state index in [2.05, 4.69) is 49.0 Å². The first-order chi connectivity index (χ1) is 22.9. The Morgan fingerprint density at radius 1 is 0.939 bits per heavy atom. The van der Waals surface area contributed by atoms with Gasteiger partial charge < -0.3 is 15.5 Å². The monoisotopic (exact) mass is 662 g/mol. The molecule has 1 saturated heterocycles. The zero-order valence-corrected chi connectivity index (χ0v) is 26.0. The molecule has 3 N–H and O–H groups in total. The molecule has 0 bridgehead atoms. The molecule has 7 rings (SSSR count). The summed E-state index contributed by atoms with van der Waals surface area (Å²) < 4.78 is 13.5. The minimum atomic E-state index is -0.836. The quantitative estimate of drug-likeness (QED) is 0.186. The number of benzene rings is 3. The number of H-pyrrole nitrogens is 1. The van der Waals surface area contributed by atoms with Gasteiger partial charge in [-0.2, -0.15) is 5.10 Å². The normalized spacial score (nSPS) is 17.6. The number of likely N-dealkylation sites (tertiary alicyclic amines) is 1. The molecule has 1 fully saturated rings. The molecule has 1 atom stereocenters. The number of fused-ring (bicyclic) bond motifs is 1. The number of carbonyl (C=O) groups is 2. The number of nitrogens with one attached hydrogen (secondary N) is 3. The summed E-state index contributed by atoms with van der Waals surface area (Å²) >= 11 is 0. The number of anilines is 1. The first-order valence-electron chi connectivity index (χ1n) is 15.7. The van der Waals surface area contributed by atoms with Crippen molar-refractivity contribution in [2.75, 3.05) is 45.1 Å². The minimum absolute atomic E-state index is 0. The highest BCUT2D eigenvalue weighted by Crippen LogP contribution is 2.30. The Bertz CT molecular complexity index is 1940. The van der Waals surface area contributed by atoms with Gasteiger partial charge in [0.1, 0.15) is 11.4 Å². The van der Waals surface area contributed by atoms with Gasteiger partial charge in [-0.3, -0.25) is 19.6 Å². The van der Waals surface area contributed by atoms with Gasteiger partial charge in [0.2, 0.25) is 11.8 Å². The maximum atomic E-state index is 13.7. The summed E-state index contributed by atoms with van der Waals surface area (Å²) in [6.45, 7) is 2.51. The molecule has 2 aliphatic rings. The summed E-state index contributed by atoms with van der Waals surface area (Å²) in [5.41, 5.74) is 5.40. The van der Waals surface area contributed by atoms with Crippen LogP contribution in [0.3, 0.4) is 0 Å². The van der Waals surface area contributed by atoms with Crippen molar-refractivity contribution in [3.8, 4) is 22.6 Å². The fraction of sp³-hybridized carbons (Fsp3) is 0.289. The maximum Gasteiger partial charge on any atom is 0.246 e. The number of halogens is 1. The number of hydrogen-bond acceptors (Lipinski definition) is 7. The second-order valence-corrected chi connectivity index (χ2v) is 12.1. The number of rotatable bonds is 8. The van der Waals surface area contributed by atoms with Gasteiger partial charge in [-0.1, -0.05) is 45.2 Å². The highest BCUT2D eigenvalue weighted by molar-refractivity contribution is 6.02. The minimum Gasteiger partial charge on any atom is -0.338 e. The summed E-state index contributed by atoms with van der Waals surface area (Å²) in [5.74, 6) is 0.285. The SMILES string of the molecule is C.C.CNC1(C(=O)Nc2ccc3[nH]nc(-c4ccc(F)cc4)c3c2)CCN(CC(=O)N2CC=C(c3ccc(-c4ncccn4)cc3)CC2)C1. The van der Waals surface area contributed by atoms with Crippen LogP contribution in [0.2, 0.25) is 0 Å². The summed E-state index contributed by atoms with van der Waals surface area (Å²) in [7, 11) is 1.78. The average Bonchev–Trinajstić information content (AvgIpc) is 3.74. The van der Waals surface area contributed by atoms with Crippen molar-refractivity contribution in [1.82, 2.24) is 35.3 Å². The van der Waals surface area contributed by atoms with Crippen LogP contribution in [0, 0.1) is 5.82 Å². The van der Waals surface area contributed by atoms with Crippen molar-refractivity contribution in [3.05, 3.63) is 103 Å². The lowest BCUT2D eigenvalue weighted by molar-refractivity contribution is -0.132. The van der Waals surface area contributed by atoms with E-state index in [1.165, 1.54) is 17.7 Å². The van der Waals surface area contributed by atoms with Gasteiger partial charge in [0.05, 0.1) is 17.8 Å². The van der Waals surface area contributed by atoms with Gasteiger partial charge in [0.25, 0.3) is 0 Å². The number of nitrogens with zero attached hydrogens (tertiary/aromatic N) is 5. The molecule has 0 saturated carbocycles. The predicted octanol–water partition coefficient (Wildman–Crippen LogP) is 6.02. The molecule has 49 heavy (non-hydrogen) atoms. The van der Waals surface area contributed by atoms with E-state index in [-0.39, 0.29) is 39.0 Å². The lowest BCUT2D eigenvalue weighted by Gasteiger charge is -2.30. The number of carbonyl (C=O) groups excluding carboxylic acids is 2. The summed E-state index contributed by atoms with van der Waals surface area (Å²) in [6.07, 6.45) is 6.95. The first-order valence-corrected chi connectivity index (χ1v) is 15.7. The molecule has 5 aromatic rings. The molecule has 2 aliphatic heterocycles. The van der Waals surface area contributed by atoms with Crippen LogP contribution >= 0.6 is 0 Å². The number of aromatic nitrogens is 4. The topological polar surface area (TPSA) is 119 Å². The van der Waals surface area contributed by atoms with Crippen LogP contribution in [0.5, 0.6) is 0 Å². The van der Waals surface area contributed by atoms with E-state index in [1.807, 2.05) is 40.1 Å². The van der Waals surface area contributed by atoms with E-state index < -0.39 is 5.54 Å². The Labute approximate surface area is 286 Å². The van der Waals surface area contributed by atoms with Crippen molar-refractivity contribution < 1.29 is 14.0 Å². The lowest BCUT2D eigenvalue weighted by atomic mass is 9.97. The average molecular weight is 663 g/mol. The number of amides is 2. The molecule has 4 heterocycles. The lowest BCUT2D eigenvalue weighted by Crippen LogP contribution is -2.55. The third kappa shape index (κ3) is 7.28. The number of hydrogen-bond donors (Lipinski definition) is 3. The molecular formula is C38H43FN8O2. The van der Waals surface area contributed by atoms with Gasteiger partial charge in [0, 0.05) is 60.8 Å². The molecule has 10 nitrogen and oxygen atoms in total. The van der Waals surface area contributed by atoms with Crippen molar-refractivity contribution in [1.29, 1.82) is 0 Å². The van der Waals surface area contributed by atoms with Crippen LogP contribution in [0.1, 0.15) is 33.3 Å². The predicted molar refractivity (Wildman–Crippen MR) is 193 cm³/mol. The summed E-state index contributed by atoms with van der Waals surface area (Å²) in [5, 5.41) is 14.6. The second kappa shape index (κ2) is 14.9. The van der Waals surface area contributed by atoms with E-state index in [4.69, 9.17) is 0 Å². The number of aromatic amines is 1. The summed E-state index contributed by atoms with van der Waals surface area (Å²) in [4.78, 5) is 39.5. The third-order valence-electron chi connectivity index (χ3n) is 9.20. The Hall–Kier alpha value is -5.26. The van der Waals surface area contributed by atoms with Gasteiger partial charge in [-0.25, -0.2) is 14.4 Å². The highest BCUT2D eigenvalue weighted by Gasteiger charge is 2.44. The van der Waals surface area contributed by atoms with Gasteiger partial charge in [0.15, 0.2) is 5.82 Å². The van der Waals surface area contributed by atoms with Gasteiger partial charge >= 0.3 is 0 Å². The van der Waals surface area contributed by atoms with E-state index in [0.29, 0.717) is 49.8 Å². The van der Waals surface area contributed by atoms with Crippen LogP contribution in [0.25, 0.3) is 39.1 Å². The number of likely N-dealkylation sites (N-methyl/N-ethyl adjacent to an activating group) is 1. The molecule has 2 aromatic heterocycles. The van der Waals surface area contributed by atoms with Crippen molar-refractivity contribution in [3.63, 3.8) is 0 Å². The van der Waals surface area contributed by atoms with E-state index in [9.17, 15) is 14.0 Å². The fourth-order valence-corrected chi connectivity index (χ4v) is 6.43. The molecule has 11 heteroatoms. The fourth-order valence-electron chi connectivity index (χ4n) is 6.43. The Morgan fingerprint density at radius 3 is 2.35 bits per heavy atom. The van der Waals surface area contributed by atoms with Gasteiger partial charge in [-0.05, 0) is 79.6 Å². The van der Waals surface area contributed by atoms with Crippen LogP contribution in [-0.2, 0) is 9.59 Å². The first kappa shape index (κ1) is 35.1. The van der Waals surface area contributed by atoms with E-state index in [0.717, 1.165) is 34.0 Å². The van der Waals surface area contributed by atoms with Crippen LogP contribution in [0.15, 0.2) is 91.3 Å². The Balaban J connectivity index is 0.00000234. The third-order valence-corrected chi connectivity index (χ3v) is 9.20. The second-order valence-electron chi connectivity index (χ2n) is 12.1. The molecule has 2 amide bonds. The van der Waals surface area contributed by atoms with Crippen molar-refractivity contribution in [2.45, 2.75) is 33.2 Å². The highest BCUT2D eigenvalue weighted by atomic mass is 19.1. The molecule has 0 radical (unpaired) electrons. The van der Waals surface area contributed by atoms with Gasteiger partial charge in [-0.15, -0.1) is 0 Å². The van der Waals surface area contributed by atoms with Crippen molar-refractivity contribution in [2.24, 2.45) is 0 Å². The molecule has 3 aromatic carbocycles. The zero-order valence-electron chi connectivity index (χ0n) is 26.0. The van der Waals surface area contributed by atoms with Crippen LogP contribution in [-0.4, -0.2) is 87.1 Å². The zero-order chi connectivity index (χ0) is 32.4. The maximum absolute atomic E-state index is 13.7. The Kier molecular flexibility index (Phi) is 10.6. The molecule has 1 unspecified atom stereocenters. The smallest absolute Gasteiger partial charge is 0.246 e. The van der Waals surface area contributed by atoms with Crippen molar-refractivity contribution >= 4 is 34.0 Å². The van der Waals surface area contributed by atoms with Crippen LogP contribution < -0.4 is 10.6 Å². The van der Waals surface area contributed by atoms with Crippen LogP contribution in [0.4, 0.5) is 10.1 Å². The molecular weight excluding hydrogens is 619 g/mol. The standard InChI is InChI=1S/C36H35FN8O2.2CH4/c1-38-36(35(47)41-29-11-12-31-30(21-29)33(43-42-31)26-7-9-28(37)10-8-26)15-20-44(23-36)22-32(46)45-18-13-25(14-19-45)24-3-5-27(6-4-24)34-39-16-2-17-40-34;;/h2-13,16-17,21,38H,14-15,18-20,22-23H2,1H3,(H,41,47)(H,42,43);2*1H4. The largest absolute Gasteiger partial charge is 0.338 e. The Morgan fingerprint density at radius 2 is 1.65 bits per heavy atom. The van der Waals surface area contributed by atoms with E-state index >= 15 is 0 Å². The molecule has 0 spiro atoms. The summed E-state index contributed by atoms with van der Waals surface area (Å²) in [6, 6.07) is 21.8. The van der Waals surface area contributed by atoms with E-state index in [1.54, 1.807) is 37.6 Å². The molecule has 0 aliphatic carbocycles. The molecule has 254 valence electrons.